The highest BCUT2D eigenvalue weighted by Crippen LogP contribution is 2.24. The minimum Gasteiger partial charge on any atom is -0.303 e. The molecule has 0 N–H and O–H groups in total. The zero-order chi connectivity index (χ0) is 16.4. The third kappa shape index (κ3) is 3.17. The Bertz CT molecular complexity index is 787. The molecule has 0 spiro atoms. The molecule has 0 amide bonds. The molecule has 1 atom stereocenters. The lowest BCUT2D eigenvalue weighted by Crippen LogP contribution is -2.16. The predicted molar refractivity (Wildman–Crippen MR) is 93.6 cm³/mol. The van der Waals surface area contributed by atoms with Gasteiger partial charge in [0.25, 0.3) is 0 Å². The Balaban J connectivity index is 1.96. The summed E-state index contributed by atoms with van der Waals surface area (Å²) in [5.41, 5.74) is 4.57. The van der Waals surface area contributed by atoms with E-state index in [4.69, 9.17) is 0 Å². The lowest BCUT2D eigenvalue weighted by Gasteiger charge is -2.20. The van der Waals surface area contributed by atoms with Gasteiger partial charge in [-0.1, -0.05) is 24.3 Å². The molecule has 0 bridgehead atoms. The number of aryl methyl sites for hydroxylation is 1. The van der Waals surface area contributed by atoms with Crippen molar-refractivity contribution in [2.45, 2.75) is 19.9 Å². The third-order valence-corrected chi connectivity index (χ3v) is 4.21. The summed E-state index contributed by atoms with van der Waals surface area (Å²) < 4.78 is 2.07. The van der Waals surface area contributed by atoms with Gasteiger partial charge in [0, 0.05) is 30.2 Å². The number of rotatable bonds is 4. The first-order valence-corrected chi connectivity index (χ1v) is 7.78. The Morgan fingerprint density at radius 1 is 1.09 bits per heavy atom. The van der Waals surface area contributed by atoms with E-state index in [1.165, 1.54) is 5.56 Å². The number of benzene rings is 1. The van der Waals surface area contributed by atoms with Crippen molar-refractivity contribution in [1.82, 2.24) is 19.4 Å². The SMILES string of the molecule is Cc1cncc(-n2ccnc2-c2ccc([C@@H](C)N(C)C)cc2)c1. The predicted octanol–water partition coefficient (Wildman–Crippen LogP) is 3.87. The van der Waals surface area contributed by atoms with Crippen LogP contribution >= 0.6 is 0 Å². The summed E-state index contributed by atoms with van der Waals surface area (Å²) in [4.78, 5) is 11.0. The minimum absolute atomic E-state index is 0.393. The molecule has 3 aromatic rings. The number of pyridine rings is 1. The third-order valence-electron chi connectivity index (χ3n) is 4.21. The Kier molecular flexibility index (Phi) is 4.26. The smallest absolute Gasteiger partial charge is 0.144 e. The van der Waals surface area contributed by atoms with Crippen molar-refractivity contribution in [3.8, 4) is 17.1 Å². The number of nitrogens with zero attached hydrogens (tertiary/aromatic N) is 4. The molecule has 0 radical (unpaired) electrons. The van der Waals surface area contributed by atoms with Crippen LogP contribution in [0.5, 0.6) is 0 Å². The van der Waals surface area contributed by atoms with Crippen LogP contribution in [0.4, 0.5) is 0 Å². The molecular formula is C19H22N4. The summed E-state index contributed by atoms with van der Waals surface area (Å²) in [5, 5.41) is 0. The quantitative estimate of drug-likeness (QED) is 0.734. The average molecular weight is 306 g/mol. The first-order chi connectivity index (χ1) is 11.1. The highest BCUT2D eigenvalue weighted by Gasteiger charge is 2.11. The second-order valence-corrected chi connectivity index (χ2v) is 6.10. The molecule has 3 rings (SSSR count). The first-order valence-electron chi connectivity index (χ1n) is 7.78. The zero-order valence-electron chi connectivity index (χ0n) is 14.1. The lowest BCUT2D eigenvalue weighted by atomic mass is 10.1. The van der Waals surface area contributed by atoms with Gasteiger partial charge in [0.2, 0.25) is 0 Å². The van der Waals surface area contributed by atoms with Crippen LogP contribution in [0.2, 0.25) is 0 Å². The molecule has 0 aliphatic heterocycles. The number of hydrogen-bond donors (Lipinski definition) is 0. The summed E-state index contributed by atoms with van der Waals surface area (Å²) >= 11 is 0. The fourth-order valence-electron chi connectivity index (χ4n) is 2.60. The van der Waals surface area contributed by atoms with Gasteiger partial charge in [0.1, 0.15) is 5.82 Å². The van der Waals surface area contributed by atoms with E-state index < -0.39 is 0 Å². The van der Waals surface area contributed by atoms with E-state index in [0.717, 1.165) is 22.6 Å². The molecule has 2 aromatic heterocycles. The van der Waals surface area contributed by atoms with Gasteiger partial charge in [-0.3, -0.25) is 9.55 Å². The highest BCUT2D eigenvalue weighted by atomic mass is 15.1. The maximum absolute atomic E-state index is 4.53. The van der Waals surface area contributed by atoms with Crippen molar-refractivity contribution in [2.75, 3.05) is 14.1 Å². The highest BCUT2D eigenvalue weighted by molar-refractivity contribution is 5.59. The van der Waals surface area contributed by atoms with E-state index in [9.17, 15) is 0 Å². The molecule has 0 saturated heterocycles. The van der Waals surface area contributed by atoms with Gasteiger partial charge in [-0.25, -0.2) is 4.98 Å². The average Bonchev–Trinajstić information content (AvgIpc) is 3.04. The molecule has 0 saturated carbocycles. The fraction of sp³-hybridized carbons (Fsp3) is 0.263. The second-order valence-electron chi connectivity index (χ2n) is 6.10. The van der Waals surface area contributed by atoms with Gasteiger partial charge < -0.3 is 4.90 Å². The lowest BCUT2D eigenvalue weighted by molar-refractivity contribution is 0.321. The molecule has 4 heteroatoms. The molecule has 118 valence electrons. The monoisotopic (exact) mass is 306 g/mol. The van der Waals surface area contributed by atoms with E-state index in [1.807, 2.05) is 31.7 Å². The van der Waals surface area contributed by atoms with Crippen LogP contribution in [0, 0.1) is 6.92 Å². The van der Waals surface area contributed by atoms with Gasteiger partial charge in [0.15, 0.2) is 0 Å². The van der Waals surface area contributed by atoms with Crippen LogP contribution in [0.25, 0.3) is 17.1 Å². The summed E-state index contributed by atoms with van der Waals surface area (Å²) in [6, 6.07) is 11.1. The number of imidazole rings is 1. The van der Waals surface area contributed by atoms with Crippen LogP contribution in [0.1, 0.15) is 24.1 Å². The minimum atomic E-state index is 0.393. The first kappa shape index (κ1) is 15.4. The summed E-state index contributed by atoms with van der Waals surface area (Å²) in [7, 11) is 4.19. The normalized spacial score (nSPS) is 12.6. The molecule has 0 aliphatic rings. The fourth-order valence-corrected chi connectivity index (χ4v) is 2.60. The van der Waals surface area contributed by atoms with Gasteiger partial charge in [-0.2, -0.15) is 0 Å². The Hall–Kier alpha value is -2.46. The van der Waals surface area contributed by atoms with Gasteiger partial charge >= 0.3 is 0 Å². The van der Waals surface area contributed by atoms with Crippen LogP contribution in [0.15, 0.2) is 55.1 Å². The molecule has 4 nitrogen and oxygen atoms in total. The van der Waals surface area contributed by atoms with E-state index in [2.05, 4.69) is 70.8 Å². The van der Waals surface area contributed by atoms with Crippen LogP contribution in [0.3, 0.4) is 0 Å². The van der Waals surface area contributed by atoms with E-state index in [1.54, 1.807) is 0 Å². The van der Waals surface area contributed by atoms with Gasteiger partial charge in [0.05, 0.1) is 11.9 Å². The van der Waals surface area contributed by atoms with Crippen molar-refractivity contribution in [3.63, 3.8) is 0 Å². The largest absolute Gasteiger partial charge is 0.303 e. The van der Waals surface area contributed by atoms with Crippen LogP contribution in [-0.2, 0) is 0 Å². The van der Waals surface area contributed by atoms with Crippen molar-refractivity contribution in [2.24, 2.45) is 0 Å². The summed E-state index contributed by atoms with van der Waals surface area (Å²) in [6.07, 6.45) is 7.52. The number of hydrogen-bond acceptors (Lipinski definition) is 3. The maximum Gasteiger partial charge on any atom is 0.144 e. The van der Waals surface area contributed by atoms with Crippen LogP contribution in [-0.4, -0.2) is 33.5 Å². The Morgan fingerprint density at radius 2 is 1.83 bits per heavy atom. The second kappa shape index (κ2) is 6.34. The van der Waals surface area contributed by atoms with Crippen molar-refractivity contribution in [3.05, 3.63) is 66.2 Å². The molecule has 23 heavy (non-hydrogen) atoms. The zero-order valence-corrected chi connectivity index (χ0v) is 14.1. The molecule has 0 unspecified atom stereocenters. The molecular weight excluding hydrogens is 284 g/mol. The molecule has 2 heterocycles. The van der Waals surface area contributed by atoms with Gasteiger partial charge in [-0.05, 0) is 45.1 Å². The number of aromatic nitrogens is 3. The van der Waals surface area contributed by atoms with Crippen molar-refractivity contribution < 1.29 is 0 Å². The van der Waals surface area contributed by atoms with Gasteiger partial charge in [-0.15, -0.1) is 0 Å². The van der Waals surface area contributed by atoms with E-state index in [0.29, 0.717) is 6.04 Å². The van der Waals surface area contributed by atoms with E-state index in [-0.39, 0.29) is 0 Å². The Labute approximate surface area is 137 Å². The van der Waals surface area contributed by atoms with Crippen LogP contribution < -0.4 is 0 Å². The summed E-state index contributed by atoms with van der Waals surface area (Å²) in [6.45, 7) is 4.25. The topological polar surface area (TPSA) is 34.0 Å². The summed E-state index contributed by atoms with van der Waals surface area (Å²) in [5.74, 6) is 0.932. The maximum atomic E-state index is 4.53. The molecule has 1 aromatic carbocycles. The van der Waals surface area contributed by atoms with Crippen molar-refractivity contribution >= 4 is 0 Å². The van der Waals surface area contributed by atoms with Crippen molar-refractivity contribution in [1.29, 1.82) is 0 Å². The van der Waals surface area contributed by atoms with E-state index >= 15 is 0 Å². The molecule has 0 fully saturated rings. The standard InChI is InChI=1S/C19H22N4/c1-14-11-18(13-20-12-14)23-10-9-21-19(23)17-7-5-16(6-8-17)15(2)22(3)4/h5-13,15H,1-4H3/t15-/m1/s1. The molecule has 0 aliphatic carbocycles. The Morgan fingerprint density at radius 3 is 2.48 bits per heavy atom.